The van der Waals surface area contributed by atoms with Crippen molar-refractivity contribution in [2.24, 2.45) is 0 Å². The first-order chi connectivity index (χ1) is 9.11. The topological polar surface area (TPSA) is 40.9 Å². The first kappa shape index (κ1) is 13.8. The van der Waals surface area contributed by atoms with E-state index in [1.807, 2.05) is 43.3 Å². The van der Waals surface area contributed by atoms with Crippen molar-refractivity contribution in [3.8, 4) is 6.07 Å². The maximum atomic E-state index is 12.4. The minimum Gasteiger partial charge on any atom is -0.292 e. The van der Waals surface area contributed by atoms with Gasteiger partial charge in [0.2, 0.25) is 0 Å². The van der Waals surface area contributed by atoms with E-state index in [2.05, 4.69) is 28.7 Å². The molecule has 0 aliphatic rings. The lowest BCUT2D eigenvalue weighted by atomic mass is 9.91. The smallest absolute Gasteiger partial charge is 0.184 e. The van der Waals surface area contributed by atoms with E-state index in [0.29, 0.717) is 5.56 Å². The molecule has 0 saturated heterocycles. The molecule has 19 heavy (non-hydrogen) atoms. The van der Waals surface area contributed by atoms with Crippen molar-refractivity contribution in [2.45, 2.75) is 12.8 Å². The molecule has 1 unspecified atom stereocenters. The Morgan fingerprint density at radius 1 is 1.21 bits per heavy atom. The normalized spacial score (nSPS) is 11.6. The van der Waals surface area contributed by atoms with Gasteiger partial charge in [-0.25, -0.2) is 0 Å². The van der Waals surface area contributed by atoms with Crippen molar-refractivity contribution in [3.05, 3.63) is 68.8 Å². The van der Waals surface area contributed by atoms with Crippen LogP contribution < -0.4 is 0 Å². The fraction of sp³-hybridized carbons (Fsp3) is 0.125. The molecule has 94 valence electrons. The number of Topliss-reactive ketones (excluding diaryl/α,β-unsaturated/α-hetero) is 1. The standard InChI is InChI=1S/C16H12INO/c1-11-3-2-4-13(9-11)15(10-18)16(19)12-5-7-14(17)8-6-12/h2-9,15H,1H3. The SMILES string of the molecule is Cc1cccc(C(C#N)C(=O)c2ccc(I)cc2)c1. The average molecular weight is 361 g/mol. The summed E-state index contributed by atoms with van der Waals surface area (Å²) >= 11 is 2.19. The number of hydrogen-bond donors (Lipinski definition) is 0. The first-order valence-corrected chi connectivity index (χ1v) is 6.95. The predicted molar refractivity (Wildman–Crippen MR) is 83.0 cm³/mol. The van der Waals surface area contributed by atoms with Crippen molar-refractivity contribution in [1.82, 2.24) is 0 Å². The van der Waals surface area contributed by atoms with Crippen LogP contribution in [0, 0.1) is 21.8 Å². The maximum Gasteiger partial charge on any atom is 0.184 e. The summed E-state index contributed by atoms with van der Waals surface area (Å²) in [5.74, 6) is -0.885. The molecule has 0 amide bonds. The van der Waals surface area contributed by atoms with Gasteiger partial charge in [-0.15, -0.1) is 0 Å². The second-order valence-corrected chi connectivity index (χ2v) is 5.59. The lowest BCUT2D eigenvalue weighted by molar-refractivity contribution is 0.0979. The van der Waals surface area contributed by atoms with Gasteiger partial charge in [0.15, 0.2) is 5.78 Å². The number of nitrogens with zero attached hydrogens (tertiary/aromatic N) is 1. The van der Waals surface area contributed by atoms with Gasteiger partial charge in [-0.2, -0.15) is 5.26 Å². The van der Waals surface area contributed by atoms with Crippen LogP contribution in [-0.4, -0.2) is 5.78 Å². The molecule has 0 spiro atoms. The van der Waals surface area contributed by atoms with Gasteiger partial charge in [-0.3, -0.25) is 4.79 Å². The van der Waals surface area contributed by atoms with Crippen molar-refractivity contribution >= 4 is 28.4 Å². The molecule has 2 aromatic rings. The molecule has 0 aliphatic heterocycles. The van der Waals surface area contributed by atoms with Gasteiger partial charge < -0.3 is 0 Å². The van der Waals surface area contributed by atoms with Gasteiger partial charge in [-0.1, -0.05) is 42.0 Å². The Balaban J connectivity index is 2.35. The highest BCUT2D eigenvalue weighted by molar-refractivity contribution is 14.1. The van der Waals surface area contributed by atoms with Crippen molar-refractivity contribution in [2.75, 3.05) is 0 Å². The summed E-state index contributed by atoms with van der Waals surface area (Å²) in [4.78, 5) is 12.4. The Morgan fingerprint density at radius 3 is 2.47 bits per heavy atom. The van der Waals surface area contributed by atoms with Crippen LogP contribution in [0.1, 0.15) is 27.4 Å². The Labute approximate surface area is 126 Å². The van der Waals surface area contributed by atoms with Crippen LogP contribution in [0.3, 0.4) is 0 Å². The summed E-state index contributed by atoms with van der Waals surface area (Å²) in [7, 11) is 0. The fourth-order valence-corrected chi connectivity index (χ4v) is 2.27. The zero-order valence-electron chi connectivity index (χ0n) is 10.4. The average Bonchev–Trinajstić information content (AvgIpc) is 2.40. The third kappa shape index (κ3) is 3.21. The molecule has 0 heterocycles. The van der Waals surface area contributed by atoms with Crippen LogP contribution in [0.15, 0.2) is 48.5 Å². The number of rotatable bonds is 3. The van der Waals surface area contributed by atoms with Gasteiger partial charge in [0.1, 0.15) is 5.92 Å². The third-order valence-electron chi connectivity index (χ3n) is 2.90. The van der Waals surface area contributed by atoms with E-state index in [4.69, 9.17) is 0 Å². The number of nitriles is 1. The first-order valence-electron chi connectivity index (χ1n) is 5.88. The number of hydrogen-bond acceptors (Lipinski definition) is 2. The molecular formula is C16H12INO. The van der Waals surface area contributed by atoms with E-state index in [0.717, 1.165) is 14.7 Å². The van der Waals surface area contributed by atoms with E-state index in [-0.39, 0.29) is 5.78 Å². The van der Waals surface area contributed by atoms with Gasteiger partial charge >= 0.3 is 0 Å². The lowest BCUT2D eigenvalue weighted by Gasteiger charge is -2.09. The summed E-state index contributed by atoms with van der Waals surface area (Å²) in [6, 6.07) is 16.9. The molecule has 0 fully saturated rings. The molecule has 0 radical (unpaired) electrons. The van der Waals surface area contributed by atoms with E-state index < -0.39 is 5.92 Å². The molecule has 2 aromatic carbocycles. The minimum absolute atomic E-state index is 0.149. The van der Waals surface area contributed by atoms with Gasteiger partial charge in [-0.05, 0) is 47.2 Å². The molecule has 3 heteroatoms. The summed E-state index contributed by atoms with van der Waals surface area (Å²) in [6.07, 6.45) is 0. The van der Waals surface area contributed by atoms with E-state index in [1.165, 1.54) is 0 Å². The summed E-state index contributed by atoms with van der Waals surface area (Å²) in [5, 5.41) is 9.28. The van der Waals surface area contributed by atoms with Gasteiger partial charge in [0.05, 0.1) is 6.07 Å². The number of halogens is 1. The second kappa shape index (κ2) is 5.98. The highest BCUT2D eigenvalue weighted by Gasteiger charge is 2.21. The molecular weight excluding hydrogens is 349 g/mol. The Kier molecular flexibility index (Phi) is 4.33. The molecule has 2 rings (SSSR count). The summed E-state index contributed by atoms with van der Waals surface area (Å²) < 4.78 is 1.07. The van der Waals surface area contributed by atoms with Crippen molar-refractivity contribution < 1.29 is 4.79 Å². The third-order valence-corrected chi connectivity index (χ3v) is 3.61. The molecule has 1 atom stereocenters. The number of carbonyl (C=O) groups is 1. The monoisotopic (exact) mass is 361 g/mol. The highest BCUT2D eigenvalue weighted by Crippen LogP contribution is 2.21. The zero-order valence-corrected chi connectivity index (χ0v) is 12.6. The number of ketones is 1. The number of aryl methyl sites for hydroxylation is 1. The molecule has 0 saturated carbocycles. The summed E-state index contributed by atoms with van der Waals surface area (Å²) in [6.45, 7) is 1.95. The van der Waals surface area contributed by atoms with Gasteiger partial charge in [0, 0.05) is 9.13 Å². The predicted octanol–water partition coefficient (Wildman–Crippen LogP) is 4.09. The number of carbonyl (C=O) groups excluding carboxylic acids is 1. The van der Waals surface area contributed by atoms with Gasteiger partial charge in [0.25, 0.3) is 0 Å². The zero-order chi connectivity index (χ0) is 13.8. The minimum atomic E-state index is -0.736. The molecule has 0 aliphatic carbocycles. The number of benzene rings is 2. The van der Waals surface area contributed by atoms with E-state index in [1.54, 1.807) is 12.1 Å². The Hall–Kier alpha value is -1.67. The lowest BCUT2D eigenvalue weighted by Crippen LogP contribution is -2.11. The Bertz CT molecular complexity index is 641. The van der Waals surface area contributed by atoms with E-state index in [9.17, 15) is 10.1 Å². The highest BCUT2D eigenvalue weighted by atomic mass is 127. The van der Waals surface area contributed by atoms with Crippen LogP contribution in [0.2, 0.25) is 0 Å². The Morgan fingerprint density at radius 2 is 1.89 bits per heavy atom. The van der Waals surface area contributed by atoms with Crippen LogP contribution in [0.5, 0.6) is 0 Å². The van der Waals surface area contributed by atoms with Crippen LogP contribution in [0.4, 0.5) is 0 Å². The maximum absolute atomic E-state index is 12.4. The fourth-order valence-electron chi connectivity index (χ4n) is 1.92. The van der Waals surface area contributed by atoms with Crippen LogP contribution in [0.25, 0.3) is 0 Å². The quantitative estimate of drug-likeness (QED) is 0.610. The van der Waals surface area contributed by atoms with Crippen LogP contribution >= 0.6 is 22.6 Å². The van der Waals surface area contributed by atoms with Crippen molar-refractivity contribution in [3.63, 3.8) is 0 Å². The second-order valence-electron chi connectivity index (χ2n) is 4.35. The van der Waals surface area contributed by atoms with Crippen LogP contribution in [-0.2, 0) is 0 Å². The van der Waals surface area contributed by atoms with Crippen molar-refractivity contribution in [1.29, 1.82) is 5.26 Å². The summed E-state index contributed by atoms with van der Waals surface area (Å²) in [5.41, 5.74) is 2.38. The largest absolute Gasteiger partial charge is 0.292 e. The van der Waals surface area contributed by atoms with E-state index >= 15 is 0 Å². The molecule has 2 nitrogen and oxygen atoms in total. The molecule has 0 bridgehead atoms. The molecule has 0 N–H and O–H groups in total. The molecule has 0 aromatic heterocycles.